The first-order valence-electron chi connectivity index (χ1n) is 7.54. The molecule has 0 atom stereocenters. The second-order valence-corrected chi connectivity index (χ2v) is 6.39. The summed E-state index contributed by atoms with van der Waals surface area (Å²) in [7, 11) is 0. The Kier molecular flexibility index (Phi) is 3.33. The van der Waals surface area contributed by atoms with Crippen LogP contribution in [0.5, 0.6) is 0 Å². The third-order valence-electron chi connectivity index (χ3n) is 3.92. The van der Waals surface area contributed by atoms with E-state index in [4.69, 9.17) is 10.7 Å². The number of nitrogens with two attached hydrogens (primary N) is 1. The van der Waals surface area contributed by atoms with Crippen molar-refractivity contribution in [2.45, 2.75) is 57.9 Å². The lowest BCUT2D eigenvalue weighted by Crippen LogP contribution is -2.29. The number of nitrogens with zero attached hydrogens (tertiary/aromatic N) is 3. The molecule has 0 radical (unpaired) electrons. The van der Waals surface area contributed by atoms with Crippen LogP contribution < -0.4 is 10.6 Å². The van der Waals surface area contributed by atoms with Gasteiger partial charge in [0.05, 0.1) is 0 Å². The van der Waals surface area contributed by atoms with Gasteiger partial charge in [0, 0.05) is 24.6 Å². The molecule has 2 aliphatic rings. The van der Waals surface area contributed by atoms with Crippen molar-refractivity contribution in [2.24, 2.45) is 5.92 Å². The van der Waals surface area contributed by atoms with Crippen LogP contribution in [0, 0.1) is 5.92 Å². The molecule has 2 N–H and O–H groups in total. The Hall–Kier alpha value is -1.32. The number of nitrogen functional groups attached to an aromatic ring is 1. The van der Waals surface area contributed by atoms with E-state index in [9.17, 15) is 0 Å². The molecule has 104 valence electrons. The van der Waals surface area contributed by atoms with E-state index < -0.39 is 0 Å². The molecule has 2 aliphatic carbocycles. The van der Waals surface area contributed by atoms with E-state index in [0.717, 1.165) is 24.1 Å². The predicted octanol–water partition coefficient (Wildman–Crippen LogP) is 2.95. The first-order valence-corrected chi connectivity index (χ1v) is 7.54. The summed E-state index contributed by atoms with van der Waals surface area (Å²) in [5.41, 5.74) is 5.96. The summed E-state index contributed by atoms with van der Waals surface area (Å²) in [5.74, 6) is 3.93. The van der Waals surface area contributed by atoms with Gasteiger partial charge in [-0.1, -0.05) is 13.8 Å². The minimum atomic E-state index is 0.563. The summed E-state index contributed by atoms with van der Waals surface area (Å²) in [5, 5.41) is 0. The molecule has 3 rings (SSSR count). The molecule has 19 heavy (non-hydrogen) atoms. The zero-order valence-electron chi connectivity index (χ0n) is 12.0. The molecule has 4 heteroatoms. The van der Waals surface area contributed by atoms with Gasteiger partial charge in [0.2, 0.25) is 0 Å². The van der Waals surface area contributed by atoms with Crippen molar-refractivity contribution >= 4 is 11.6 Å². The summed E-state index contributed by atoms with van der Waals surface area (Å²) in [6.07, 6.45) is 6.23. The van der Waals surface area contributed by atoms with Crippen LogP contribution in [0.1, 0.15) is 57.7 Å². The Bertz CT molecular complexity index is 449. The maximum atomic E-state index is 5.96. The molecule has 0 spiro atoms. The fourth-order valence-corrected chi connectivity index (χ4v) is 2.41. The average molecular weight is 260 g/mol. The van der Waals surface area contributed by atoms with Crippen LogP contribution >= 0.6 is 0 Å². The van der Waals surface area contributed by atoms with Gasteiger partial charge in [-0.25, -0.2) is 9.97 Å². The normalized spacial score (nSPS) is 18.9. The minimum Gasteiger partial charge on any atom is -0.384 e. The van der Waals surface area contributed by atoms with Crippen LogP contribution in [0.2, 0.25) is 0 Å². The van der Waals surface area contributed by atoms with Gasteiger partial charge in [0.15, 0.2) is 0 Å². The number of hydrogen-bond acceptors (Lipinski definition) is 4. The predicted molar refractivity (Wildman–Crippen MR) is 78.2 cm³/mol. The standard InChI is InChI=1S/C15H24N4/c1-10(2)7-8-19(12-5-6-12)14-9-13(16)17-15(18-14)11-3-4-11/h9-12H,3-8H2,1-2H3,(H2,16,17,18). The van der Waals surface area contributed by atoms with Crippen molar-refractivity contribution in [3.63, 3.8) is 0 Å². The molecular formula is C15H24N4. The number of rotatable bonds is 6. The average Bonchev–Trinajstić information content (AvgIpc) is 3.21. The van der Waals surface area contributed by atoms with Gasteiger partial charge in [0.25, 0.3) is 0 Å². The molecule has 0 aromatic carbocycles. The maximum absolute atomic E-state index is 5.96. The Morgan fingerprint density at radius 3 is 2.58 bits per heavy atom. The molecule has 1 heterocycles. The van der Waals surface area contributed by atoms with Gasteiger partial charge < -0.3 is 10.6 Å². The second-order valence-electron chi connectivity index (χ2n) is 6.39. The molecule has 4 nitrogen and oxygen atoms in total. The lowest BCUT2D eigenvalue weighted by Gasteiger charge is -2.25. The van der Waals surface area contributed by atoms with E-state index in [-0.39, 0.29) is 0 Å². The highest BCUT2D eigenvalue weighted by atomic mass is 15.2. The summed E-state index contributed by atoms with van der Waals surface area (Å²) in [6, 6.07) is 2.63. The molecule has 0 aliphatic heterocycles. The quantitative estimate of drug-likeness (QED) is 0.854. The first kappa shape index (κ1) is 12.7. The van der Waals surface area contributed by atoms with Crippen molar-refractivity contribution in [1.82, 2.24) is 9.97 Å². The van der Waals surface area contributed by atoms with Crippen molar-refractivity contribution in [3.8, 4) is 0 Å². The summed E-state index contributed by atoms with van der Waals surface area (Å²) >= 11 is 0. The van der Waals surface area contributed by atoms with Gasteiger partial charge in [0.1, 0.15) is 17.5 Å². The molecule has 2 fully saturated rings. The highest BCUT2D eigenvalue weighted by molar-refractivity contribution is 5.49. The maximum Gasteiger partial charge on any atom is 0.136 e. The molecule has 1 aromatic heterocycles. The number of anilines is 2. The highest BCUT2D eigenvalue weighted by Gasteiger charge is 2.32. The fourth-order valence-electron chi connectivity index (χ4n) is 2.41. The molecule has 0 bridgehead atoms. The van der Waals surface area contributed by atoms with Gasteiger partial charge >= 0.3 is 0 Å². The van der Waals surface area contributed by atoms with Crippen LogP contribution in [0.4, 0.5) is 11.6 Å². The molecule has 0 unspecified atom stereocenters. The Morgan fingerprint density at radius 2 is 2.00 bits per heavy atom. The third kappa shape index (κ3) is 3.17. The van der Waals surface area contributed by atoms with E-state index in [1.54, 1.807) is 0 Å². The van der Waals surface area contributed by atoms with E-state index in [2.05, 4.69) is 23.7 Å². The molecule has 0 saturated heterocycles. The third-order valence-corrected chi connectivity index (χ3v) is 3.92. The lowest BCUT2D eigenvalue weighted by atomic mass is 10.1. The monoisotopic (exact) mass is 260 g/mol. The van der Waals surface area contributed by atoms with Crippen LogP contribution in [0.3, 0.4) is 0 Å². The van der Waals surface area contributed by atoms with Crippen molar-refractivity contribution in [3.05, 3.63) is 11.9 Å². The fraction of sp³-hybridized carbons (Fsp3) is 0.733. The zero-order chi connectivity index (χ0) is 13.4. The van der Waals surface area contributed by atoms with Gasteiger partial charge in [-0.15, -0.1) is 0 Å². The SMILES string of the molecule is CC(C)CCN(c1cc(N)nc(C2CC2)n1)C1CC1. The Balaban J connectivity index is 1.80. The largest absolute Gasteiger partial charge is 0.384 e. The summed E-state index contributed by atoms with van der Waals surface area (Å²) in [6.45, 7) is 5.63. The second kappa shape index (κ2) is 4.99. The Morgan fingerprint density at radius 1 is 1.26 bits per heavy atom. The zero-order valence-corrected chi connectivity index (χ0v) is 12.0. The first-order chi connectivity index (χ1) is 9.13. The van der Waals surface area contributed by atoms with E-state index >= 15 is 0 Å². The highest BCUT2D eigenvalue weighted by Crippen LogP contribution is 2.40. The van der Waals surface area contributed by atoms with Crippen molar-refractivity contribution < 1.29 is 0 Å². The molecule has 1 aromatic rings. The van der Waals surface area contributed by atoms with Crippen LogP contribution in [0.15, 0.2) is 6.07 Å². The van der Waals surface area contributed by atoms with Gasteiger partial charge in [-0.3, -0.25) is 0 Å². The molecular weight excluding hydrogens is 236 g/mol. The Labute approximate surface area is 115 Å². The van der Waals surface area contributed by atoms with Crippen LogP contribution in [-0.2, 0) is 0 Å². The smallest absolute Gasteiger partial charge is 0.136 e. The van der Waals surface area contributed by atoms with Crippen molar-refractivity contribution in [1.29, 1.82) is 0 Å². The number of hydrogen-bond donors (Lipinski definition) is 1. The summed E-state index contributed by atoms with van der Waals surface area (Å²) in [4.78, 5) is 11.6. The number of aromatic nitrogens is 2. The molecule has 2 saturated carbocycles. The van der Waals surface area contributed by atoms with Gasteiger partial charge in [-0.2, -0.15) is 0 Å². The lowest BCUT2D eigenvalue weighted by molar-refractivity contribution is 0.568. The van der Waals surface area contributed by atoms with Crippen LogP contribution in [0.25, 0.3) is 0 Å². The topological polar surface area (TPSA) is 55.0 Å². The van der Waals surface area contributed by atoms with Crippen molar-refractivity contribution in [2.75, 3.05) is 17.2 Å². The summed E-state index contributed by atoms with van der Waals surface area (Å²) < 4.78 is 0. The van der Waals surface area contributed by atoms with E-state index in [1.165, 1.54) is 32.1 Å². The van der Waals surface area contributed by atoms with E-state index in [0.29, 0.717) is 17.8 Å². The van der Waals surface area contributed by atoms with Gasteiger partial charge in [-0.05, 0) is 38.0 Å². The molecule has 0 amide bonds. The van der Waals surface area contributed by atoms with Crippen LogP contribution in [-0.4, -0.2) is 22.6 Å². The minimum absolute atomic E-state index is 0.563. The van der Waals surface area contributed by atoms with E-state index in [1.807, 2.05) is 6.07 Å².